The summed E-state index contributed by atoms with van der Waals surface area (Å²) in [5, 5.41) is 9.30. The lowest BCUT2D eigenvalue weighted by Crippen LogP contribution is -2.23. The molecule has 1 aliphatic heterocycles. The van der Waals surface area contributed by atoms with Crippen LogP contribution in [0.15, 0.2) is 47.7 Å². The van der Waals surface area contributed by atoms with Gasteiger partial charge in [-0.3, -0.25) is 9.80 Å². The van der Waals surface area contributed by atoms with Crippen LogP contribution in [0.3, 0.4) is 0 Å². The van der Waals surface area contributed by atoms with E-state index in [4.69, 9.17) is 4.74 Å². The van der Waals surface area contributed by atoms with Gasteiger partial charge in [0.2, 0.25) is 5.88 Å². The van der Waals surface area contributed by atoms with Gasteiger partial charge in [0, 0.05) is 43.0 Å². The number of carbonyl (C=O) groups excluding carboxylic acids is 1. The molecule has 1 aromatic heterocycles. The Balaban J connectivity index is 1.58. The van der Waals surface area contributed by atoms with Gasteiger partial charge in [-0.15, -0.1) is 0 Å². The maximum Gasteiger partial charge on any atom is 0.251 e. The molecule has 1 aliphatic rings. The molecule has 0 atom stereocenters. The molecule has 24 heavy (non-hydrogen) atoms. The number of hydrazone groups is 1. The van der Waals surface area contributed by atoms with Gasteiger partial charge in [0.15, 0.2) is 0 Å². The maximum atomic E-state index is 12.2. The minimum atomic E-state index is -0.113. The van der Waals surface area contributed by atoms with Crippen molar-refractivity contribution in [3.05, 3.63) is 53.7 Å². The summed E-state index contributed by atoms with van der Waals surface area (Å²) in [6, 6.07) is 11.1. The Labute approximate surface area is 141 Å². The fraction of sp³-hybridized carbons (Fsp3) is 0.278. The van der Waals surface area contributed by atoms with Crippen LogP contribution < -0.4 is 15.1 Å². The molecule has 1 amide bonds. The summed E-state index contributed by atoms with van der Waals surface area (Å²) in [6.45, 7) is 3.34. The van der Waals surface area contributed by atoms with Gasteiger partial charge in [0.25, 0.3) is 5.91 Å². The molecule has 0 unspecified atom stereocenters. The van der Waals surface area contributed by atoms with Gasteiger partial charge in [0.05, 0.1) is 12.8 Å². The summed E-state index contributed by atoms with van der Waals surface area (Å²) in [7, 11) is 1.57. The molecule has 0 saturated heterocycles. The first-order valence-corrected chi connectivity index (χ1v) is 7.84. The molecular weight excluding hydrogens is 304 g/mol. The topological polar surface area (TPSA) is 66.8 Å². The summed E-state index contributed by atoms with van der Waals surface area (Å²) in [5.74, 6) is 0.443. The van der Waals surface area contributed by atoms with Gasteiger partial charge in [0.1, 0.15) is 0 Å². The number of nitrogens with one attached hydrogen (secondary N) is 1. The first-order valence-electron chi connectivity index (χ1n) is 7.84. The fourth-order valence-corrected chi connectivity index (χ4v) is 2.47. The number of aromatic nitrogens is 1. The molecule has 0 radical (unpaired) electrons. The second-order valence-corrected chi connectivity index (χ2v) is 5.65. The Morgan fingerprint density at radius 2 is 2.04 bits per heavy atom. The third-order valence-corrected chi connectivity index (χ3v) is 3.86. The average molecular weight is 324 g/mol. The molecule has 1 N–H and O–H groups in total. The molecule has 3 rings (SSSR count). The minimum absolute atomic E-state index is 0.113. The zero-order valence-corrected chi connectivity index (χ0v) is 13.8. The van der Waals surface area contributed by atoms with E-state index in [9.17, 15) is 4.79 Å². The molecule has 1 aromatic carbocycles. The molecule has 0 saturated carbocycles. The van der Waals surface area contributed by atoms with E-state index in [2.05, 4.69) is 15.4 Å². The molecule has 2 heterocycles. The maximum absolute atomic E-state index is 12.2. The van der Waals surface area contributed by atoms with E-state index in [0.717, 1.165) is 29.9 Å². The number of rotatable bonds is 5. The number of anilines is 1. The van der Waals surface area contributed by atoms with E-state index in [1.165, 1.54) is 0 Å². The molecule has 2 aromatic rings. The van der Waals surface area contributed by atoms with Gasteiger partial charge in [-0.25, -0.2) is 4.98 Å². The van der Waals surface area contributed by atoms with Crippen LogP contribution in [0.25, 0.3) is 0 Å². The van der Waals surface area contributed by atoms with Crippen molar-refractivity contribution in [1.29, 1.82) is 0 Å². The summed E-state index contributed by atoms with van der Waals surface area (Å²) in [6.07, 6.45) is 2.67. The lowest BCUT2D eigenvalue weighted by atomic mass is 10.2. The van der Waals surface area contributed by atoms with E-state index < -0.39 is 0 Å². The first-order chi connectivity index (χ1) is 11.7. The number of carbonyl (C=O) groups is 1. The third kappa shape index (κ3) is 3.71. The van der Waals surface area contributed by atoms with Gasteiger partial charge in [-0.2, -0.15) is 5.10 Å². The van der Waals surface area contributed by atoms with Crippen LogP contribution >= 0.6 is 0 Å². The standard InChI is InChI=1S/C18H20N4O2/c1-13-9-10-22(21-13)16-6-4-15(5-7-16)18(23)20-12-14-3-8-17(24-2)19-11-14/h3-8,11H,9-10,12H2,1-2H3,(H,20,23). The van der Waals surface area contributed by atoms with Gasteiger partial charge in [-0.05, 0) is 36.8 Å². The highest BCUT2D eigenvalue weighted by Gasteiger charge is 2.13. The van der Waals surface area contributed by atoms with Crippen molar-refractivity contribution in [1.82, 2.24) is 10.3 Å². The van der Waals surface area contributed by atoms with E-state index in [1.807, 2.05) is 42.3 Å². The van der Waals surface area contributed by atoms with Crippen LogP contribution in [0.1, 0.15) is 29.3 Å². The Bertz CT molecular complexity index is 739. The van der Waals surface area contributed by atoms with Crippen molar-refractivity contribution in [2.24, 2.45) is 5.10 Å². The first kappa shape index (κ1) is 16.0. The number of methoxy groups -OCH3 is 1. The van der Waals surface area contributed by atoms with Crippen molar-refractivity contribution in [2.75, 3.05) is 18.7 Å². The second-order valence-electron chi connectivity index (χ2n) is 5.65. The molecule has 6 heteroatoms. The number of hydrogen-bond donors (Lipinski definition) is 1. The number of pyridine rings is 1. The zero-order valence-electron chi connectivity index (χ0n) is 13.8. The lowest BCUT2D eigenvalue weighted by Gasteiger charge is -2.14. The molecule has 0 fully saturated rings. The number of hydrogen-bond acceptors (Lipinski definition) is 5. The molecule has 0 spiro atoms. The van der Waals surface area contributed by atoms with E-state index in [1.54, 1.807) is 19.4 Å². The SMILES string of the molecule is COc1ccc(CNC(=O)c2ccc(N3CCC(C)=N3)cc2)cn1. The third-order valence-electron chi connectivity index (χ3n) is 3.86. The van der Waals surface area contributed by atoms with E-state index in [-0.39, 0.29) is 5.91 Å². The van der Waals surface area contributed by atoms with Crippen molar-refractivity contribution >= 4 is 17.3 Å². The number of nitrogens with zero attached hydrogens (tertiary/aromatic N) is 3. The quantitative estimate of drug-likeness (QED) is 0.918. The molecule has 124 valence electrons. The summed E-state index contributed by atoms with van der Waals surface area (Å²) >= 11 is 0. The molecule has 0 bridgehead atoms. The molecule has 6 nitrogen and oxygen atoms in total. The van der Waals surface area contributed by atoms with Crippen LogP contribution in [-0.4, -0.2) is 30.3 Å². The minimum Gasteiger partial charge on any atom is -0.481 e. The Hall–Kier alpha value is -2.89. The largest absolute Gasteiger partial charge is 0.481 e. The van der Waals surface area contributed by atoms with Crippen LogP contribution in [0.2, 0.25) is 0 Å². The number of benzene rings is 1. The molecule has 0 aliphatic carbocycles. The van der Waals surface area contributed by atoms with Crippen molar-refractivity contribution in [3.63, 3.8) is 0 Å². The lowest BCUT2D eigenvalue weighted by molar-refractivity contribution is 0.0951. The predicted octanol–water partition coefficient (Wildman–Crippen LogP) is 2.61. The highest BCUT2D eigenvalue weighted by molar-refractivity contribution is 5.94. The Morgan fingerprint density at radius 3 is 2.62 bits per heavy atom. The summed E-state index contributed by atoms with van der Waals surface area (Å²) in [5.41, 5.74) is 3.68. The fourth-order valence-electron chi connectivity index (χ4n) is 2.47. The van der Waals surface area contributed by atoms with Crippen LogP contribution in [0.4, 0.5) is 5.69 Å². The highest BCUT2D eigenvalue weighted by Crippen LogP contribution is 2.19. The van der Waals surface area contributed by atoms with E-state index in [0.29, 0.717) is 18.0 Å². The average Bonchev–Trinajstić information content (AvgIpc) is 3.06. The normalized spacial score (nSPS) is 13.6. The van der Waals surface area contributed by atoms with Gasteiger partial charge < -0.3 is 10.1 Å². The highest BCUT2D eigenvalue weighted by atomic mass is 16.5. The zero-order chi connectivity index (χ0) is 16.9. The Morgan fingerprint density at radius 1 is 1.25 bits per heavy atom. The van der Waals surface area contributed by atoms with Crippen LogP contribution in [0, 0.1) is 0 Å². The van der Waals surface area contributed by atoms with Crippen molar-refractivity contribution < 1.29 is 9.53 Å². The number of amides is 1. The van der Waals surface area contributed by atoms with Gasteiger partial charge >= 0.3 is 0 Å². The van der Waals surface area contributed by atoms with Crippen LogP contribution in [0.5, 0.6) is 5.88 Å². The summed E-state index contributed by atoms with van der Waals surface area (Å²) in [4.78, 5) is 16.3. The number of ether oxygens (including phenoxy) is 1. The predicted molar refractivity (Wildman–Crippen MR) is 93.5 cm³/mol. The summed E-state index contributed by atoms with van der Waals surface area (Å²) < 4.78 is 5.01. The van der Waals surface area contributed by atoms with Crippen LogP contribution in [-0.2, 0) is 6.54 Å². The second kappa shape index (κ2) is 7.12. The Kier molecular flexibility index (Phi) is 4.74. The molecular formula is C18H20N4O2. The van der Waals surface area contributed by atoms with Crippen molar-refractivity contribution in [2.45, 2.75) is 19.9 Å². The monoisotopic (exact) mass is 324 g/mol. The van der Waals surface area contributed by atoms with Gasteiger partial charge in [-0.1, -0.05) is 6.07 Å². The smallest absolute Gasteiger partial charge is 0.251 e. The van der Waals surface area contributed by atoms with E-state index >= 15 is 0 Å². The van der Waals surface area contributed by atoms with Crippen molar-refractivity contribution in [3.8, 4) is 5.88 Å².